The SMILES string of the molecule is Cl.Clc1nnc(Cc2ccncn2)c2ccccc12. The van der Waals surface area contributed by atoms with Gasteiger partial charge in [0, 0.05) is 29.1 Å². The first-order chi connectivity index (χ1) is 8.84. The van der Waals surface area contributed by atoms with Crippen LogP contribution < -0.4 is 0 Å². The van der Waals surface area contributed by atoms with Crippen molar-refractivity contribution >= 4 is 34.8 Å². The van der Waals surface area contributed by atoms with E-state index in [1.807, 2.05) is 30.3 Å². The second-order valence-corrected chi connectivity index (χ2v) is 4.22. The summed E-state index contributed by atoms with van der Waals surface area (Å²) < 4.78 is 0. The maximum absolute atomic E-state index is 6.03. The molecule has 0 saturated carbocycles. The minimum Gasteiger partial charge on any atom is -0.245 e. The molecule has 0 aliphatic heterocycles. The number of hydrogen-bond donors (Lipinski definition) is 0. The van der Waals surface area contributed by atoms with Gasteiger partial charge in [0.05, 0.1) is 5.69 Å². The fourth-order valence-corrected chi connectivity index (χ4v) is 2.05. The molecule has 0 aliphatic rings. The predicted octanol–water partition coefficient (Wildman–Crippen LogP) is 3.09. The third kappa shape index (κ3) is 2.80. The van der Waals surface area contributed by atoms with Gasteiger partial charge in [-0.15, -0.1) is 17.5 Å². The number of hydrogen-bond acceptors (Lipinski definition) is 4. The van der Waals surface area contributed by atoms with E-state index in [1.54, 1.807) is 6.20 Å². The van der Waals surface area contributed by atoms with Gasteiger partial charge in [0.2, 0.25) is 0 Å². The Morgan fingerprint density at radius 3 is 2.53 bits per heavy atom. The molecule has 3 aromatic rings. The molecule has 2 aromatic heterocycles. The molecule has 0 unspecified atom stereocenters. The van der Waals surface area contributed by atoms with E-state index in [0.29, 0.717) is 11.6 Å². The fraction of sp³-hybridized carbons (Fsp3) is 0.0769. The van der Waals surface area contributed by atoms with Crippen LogP contribution in [0.1, 0.15) is 11.4 Å². The van der Waals surface area contributed by atoms with Crippen LogP contribution in [0.25, 0.3) is 10.8 Å². The summed E-state index contributed by atoms with van der Waals surface area (Å²) in [7, 11) is 0. The van der Waals surface area contributed by atoms with Crippen molar-refractivity contribution in [3.8, 4) is 0 Å². The number of aromatic nitrogens is 4. The molecule has 19 heavy (non-hydrogen) atoms. The molecule has 2 heterocycles. The molecule has 0 bridgehead atoms. The molecule has 0 saturated heterocycles. The lowest BCUT2D eigenvalue weighted by Crippen LogP contribution is -1.99. The Morgan fingerprint density at radius 2 is 1.79 bits per heavy atom. The molecule has 1 aromatic carbocycles. The third-order valence-electron chi connectivity index (χ3n) is 2.71. The molecule has 0 radical (unpaired) electrons. The van der Waals surface area contributed by atoms with Crippen LogP contribution in [0.3, 0.4) is 0 Å². The molecule has 0 spiro atoms. The standard InChI is InChI=1S/C13H9ClN4.ClH/c14-13-11-4-2-1-3-10(11)12(17-18-13)7-9-5-6-15-8-16-9;/h1-6,8H,7H2;1H. The smallest absolute Gasteiger partial charge is 0.159 e. The Hall–Kier alpha value is -1.78. The van der Waals surface area contributed by atoms with Crippen molar-refractivity contribution < 1.29 is 0 Å². The number of nitrogens with zero attached hydrogens (tertiary/aromatic N) is 4. The molecule has 0 aliphatic carbocycles. The van der Waals surface area contributed by atoms with Gasteiger partial charge in [0.15, 0.2) is 5.15 Å². The van der Waals surface area contributed by atoms with E-state index >= 15 is 0 Å². The van der Waals surface area contributed by atoms with Gasteiger partial charge in [-0.2, -0.15) is 5.10 Å². The third-order valence-corrected chi connectivity index (χ3v) is 2.99. The van der Waals surface area contributed by atoms with Crippen LogP contribution in [0.15, 0.2) is 42.9 Å². The monoisotopic (exact) mass is 292 g/mol. The average Bonchev–Trinajstić information content (AvgIpc) is 2.44. The molecule has 0 amide bonds. The van der Waals surface area contributed by atoms with Crippen molar-refractivity contribution in [2.24, 2.45) is 0 Å². The van der Waals surface area contributed by atoms with Gasteiger partial charge in [-0.05, 0) is 6.07 Å². The second-order valence-electron chi connectivity index (χ2n) is 3.86. The average molecular weight is 293 g/mol. The molecular formula is C13H10Cl2N4. The molecule has 3 rings (SSSR count). The highest BCUT2D eigenvalue weighted by Crippen LogP contribution is 2.23. The molecule has 6 heteroatoms. The lowest BCUT2D eigenvalue weighted by Gasteiger charge is -2.05. The topological polar surface area (TPSA) is 51.6 Å². The van der Waals surface area contributed by atoms with Gasteiger partial charge in [-0.3, -0.25) is 0 Å². The van der Waals surface area contributed by atoms with Gasteiger partial charge in [-0.1, -0.05) is 35.9 Å². The molecule has 0 fully saturated rings. The second kappa shape index (κ2) is 5.91. The molecule has 96 valence electrons. The van der Waals surface area contributed by atoms with Crippen LogP contribution in [-0.4, -0.2) is 20.2 Å². The Balaban J connectivity index is 0.00000133. The van der Waals surface area contributed by atoms with Crippen molar-refractivity contribution in [3.05, 3.63) is 59.4 Å². The zero-order valence-electron chi connectivity index (χ0n) is 9.82. The zero-order chi connectivity index (χ0) is 12.4. The number of fused-ring (bicyclic) bond motifs is 1. The quantitative estimate of drug-likeness (QED) is 0.728. The number of benzene rings is 1. The minimum absolute atomic E-state index is 0. The lowest BCUT2D eigenvalue weighted by molar-refractivity contribution is 0.928. The first-order valence-corrected chi connectivity index (χ1v) is 5.87. The normalized spacial score (nSPS) is 10.2. The highest BCUT2D eigenvalue weighted by atomic mass is 35.5. The number of halogens is 2. The largest absolute Gasteiger partial charge is 0.245 e. The maximum Gasteiger partial charge on any atom is 0.159 e. The van der Waals surface area contributed by atoms with Gasteiger partial charge < -0.3 is 0 Å². The van der Waals surface area contributed by atoms with E-state index in [1.165, 1.54) is 6.33 Å². The van der Waals surface area contributed by atoms with Crippen molar-refractivity contribution in [1.29, 1.82) is 0 Å². The summed E-state index contributed by atoms with van der Waals surface area (Å²) in [5, 5.41) is 10.5. The van der Waals surface area contributed by atoms with E-state index in [4.69, 9.17) is 11.6 Å². The predicted molar refractivity (Wildman–Crippen MR) is 76.6 cm³/mol. The summed E-state index contributed by atoms with van der Waals surface area (Å²) in [6, 6.07) is 9.70. The highest BCUT2D eigenvalue weighted by Gasteiger charge is 2.08. The highest BCUT2D eigenvalue weighted by molar-refractivity contribution is 6.34. The molecule has 4 nitrogen and oxygen atoms in total. The van der Waals surface area contributed by atoms with Crippen LogP contribution in [0.4, 0.5) is 0 Å². The Kier molecular flexibility index (Phi) is 4.24. The Bertz CT molecular complexity index is 689. The van der Waals surface area contributed by atoms with Crippen LogP contribution >= 0.6 is 24.0 Å². The fourth-order valence-electron chi connectivity index (χ4n) is 1.85. The van der Waals surface area contributed by atoms with Crippen LogP contribution in [0.2, 0.25) is 5.15 Å². The lowest BCUT2D eigenvalue weighted by atomic mass is 10.1. The van der Waals surface area contributed by atoms with E-state index < -0.39 is 0 Å². The van der Waals surface area contributed by atoms with E-state index in [0.717, 1.165) is 22.2 Å². The van der Waals surface area contributed by atoms with Crippen molar-refractivity contribution in [2.45, 2.75) is 6.42 Å². The Morgan fingerprint density at radius 1 is 1.00 bits per heavy atom. The summed E-state index contributed by atoms with van der Waals surface area (Å²) in [5.41, 5.74) is 1.78. The van der Waals surface area contributed by atoms with Crippen molar-refractivity contribution in [1.82, 2.24) is 20.2 Å². The maximum atomic E-state index is 6.03. The molecule has 0 atom stereocenters. The van der Waals surface area contributed by atoms with Gasteiger partial charge in [0.25, 0.3) is 0 Å². The summed E-state index contributed by atoms with van der Waals surface area (Å²) in [6.45, 7) is 0. The summed E-state index contributed by atoms with van der Waals surface area (Å²) >= 11 is 6.03. The summed E-state index contributed by atoms with van der Waals surface area (Å²) in [6.07, 6.45) is 3.86. The Labute approximate surface area is 121 Å². The van der Waals surface area contributed by atoms with Gasteiger partial charge in [-0.25, -0.2) is 9.97 Å². The minimum atomic E-state index is 0. The van der Waals surface area contributed by atoms with Crippen LogP contribution in [0, 0.1) is 0 Å². The van der Waals surface area contributed by atoms with E-state index in [9.17, 15) is 0 Å². The van der Waals surface area contributed by atoms with E-state index in [-0.39, 0.29) is 12.4 Å². The zero-order valence-corrected chi connectivity index (χ0v) is 11.4. The van der Waals surface area contributed by atoms with Gasteiger partial charge in [0.1, 0.15) is 6.33 Å². The van der Waals surface area contributed by atoms with Crippen molar-refractivity contribution in [2.75, 3.05) is 0 Å². The molecule has 0 N–H and O–H groups in total. The van der Waals surface area contributed by atoms with E-state index in [2.05, 4.69) is 20.2 Å². The first kappa shape index (κ1) is 13.6. The molecular weight excluding hydrogens is 283 g/mol. The van der Waals surface area contributed by atoms with Crippen LogP contribution in [-0.2, 0) is 6.42 Å². The summed E-state index contributed by atoms with van der Waals surface area (Å²) in [4.78, 5) is 8.09. The van der Waals surface area contributed by atoms with Crippen LogP contribution in [0.5, 0.6) is 0 Å². The summed E-state index contributed by atoms with van der Waals surface area (Å²) in [5.74, 6) is 0. The van der Waals surface area contributed by atoms with Gasteiger partial charge >= 0.3 is 0 Å². The first-order valence-electron chi connectivity index (χ1n) is 5.49. The number of rotatable bonds is 2. The van der Waals surface area contributed by atoms with Crippen molar-refractivity contribution in [3.63, 3.8) is 0 Å².